The summed E-state index contributed by atoms with van der Waals surface area (Å²) in [6.45, 7) is 4.28. The molecule has 1 aliphatic carbocycles. The first-order valence-corrected chi connectivity index (χ1v) is 6.67. The Morgan fingerprint density at radius 2 is 1.94 bits per heavy atom. The minimum atomic E-state index is -0.557. The molecular weight excluding hydrogens is 224 g/mol. The van der Waals surface area contributed by atoms with Crippen molar-refractivity contribution in [3.05, 3.63) is 29.8 Å². The van der Waals surface area contributed by atoms with Crippen molar-refractivity contribution >= 4 is 11.6 Å². The van der Waals surface area contributed by atoms with Crippen molar-refractivity contribution < 1.29 is 4.79 Å². The Morgan fingerprint density at radius 3 is 2.50 bits per heavy atom. The molecule has 3 N–H and O–H groups in total. The Hall–Kier alpha value is -1.51. The Kier molecular flexibility index (Phi) is 3.60. The maximum atomic E-state index is 11.9. The highest BCUT2D eigenvalue weighted by Gasteiger charge is 2.39. The number of rotatable bonds is 3. The fourth-order valence-corrected chi connectivity index (χ4v) is 2.66. The lowest BCUT2D eigenvalue weighted by molar-refractivity contribution is -0.123. The lowest BCUT2D eigenvalue weighted by atomic mass is 9.76. The predicted octanol–water partition coefficient (Wildman–Crippen LogP) is 2.84. The van der Waals surface area contributed by atoms with Crippen molar-refractivity contribution in [1.29, 1.82) is 0 Å². The number of hydrogen-bond acceptors (Lipinski definition) is 2. The molecule has 1 aliphatic rings. The predicted molar refractivity (Wildman–Crippen MR) is 74.4 cm³/mol. The van der Waals surface area contributed by atoms with Crippen molar-refractivity contribution in [3.8, 4) is 0 Å². The molecule has 1 saturated carbocycles. The minimum Gasteiger partial charge on any atom is -0.371 e. The normalized spacial score (nSPS) is 27.8. The van der Waals surface area contributed by atoms with Gasteiger partial charge in [0.15, 0.2) is 0 Å². The lowest BCUT2D eigenvalue weighted by Gasteiger charge is -2.38. The van der Waals surface area contributed by atoms with Gasteiger partial charge in [0.05, 0.1) is 0 Å². The molecule has 0 atom stereocenters. The SMILES string of the molecule is Cc1ccccc1NC1(C(N)=O)CCC(C)CC1. The molecule has 0 bridgehead atoms. The number of aryl methyl sites for hydroxylation is 1. The van der Waals surface area contributed by atoms with Gasteiger partial charge in [-0.3, -0.25) is 4.79 Å². The Bertz CT molecular complexity index is 434. The Morgan fingerprint density at radius 1 is 1.33 bits per heavy atom. The van der Waals surface area contributed by atoms with Crippen LogP contribution in [0.2, 0.25) is 0 Å². The van der Waals surface area contributed by atoms with E-state index in [2.05, 4.69) is 12.2 Å². The molecule has 0 aliphatic heterocycles. The number of primary amides is 1. The van der Waals surface area contributed by atoms with Gasteiger partial charge in [-0.15, -0.1) is 0 Å². The van der Waals surface area contributed by atoms with Crippen LogP contribution in [0.15, 0.2) is 24.3 Å². The van der Waals surface area contributed by atoms with E-state index in [1.54, 1.807) is 0 Å². The topological polar surface area (TPSA) is 55.1 Å². The molecule has 1 aromatic carbocycles. The van der Waals surface area contributed by atoms with Gasteiger partial charge < -0.3 is 11.1 Å². The maximum Gasteiger partial charge on any atom is 0.243 e. The van der Waals surface area contributed by atoms with E-state index in [1.165, 1.54) is 0 Å². The zero-order chi connectivity index (χ0) is 13.2. The molecular formula is C15H22N2O. The third kappa shape index (κ3) is 2.50. The van der Waals surface area contributed by atoms with Crippen molar-refractivity contribution in [2.24, 2.45) is 11.7 Å². The molecule has 3 nitrogen and oxygen atoms in total. The van der Waals surface area contributed by atoms with Crippen LogP contribution in [0, 0.1) is 12.8 Å². The van der Waals surface area contributed by atoms with Crippen LogP contribution in [0.3, 0.4) is 0 Å². The van der Waals surface area contributed by atoms with Gasteiger partial charge in [0, 0.05) is 5.69 Å². The fraction of sp³-hybridized carbons (Fsp3) is 0.533. The summed E-state index contributed by atoms with van der Waals surface area (Å²) in [5.74, 6) is 0.466. The number of amides is 1. The number of para-hydroxylation sites is 1. The van der Waals surface area contributed by atoms with Crippen LogP contribution in [-0.4, -0.2) is 11.4 Å². The summed E-state index contributed by atoms with van der Waals surface area (Å²) < 4.78 is 0. The first-order valence-electron chi connectivity index (χ1n) is 6.67. The van der Waals surface area contributed by atoms with Crippen LogP contribution in [0.5, 0.6) is 0 Å². The number of benzene rings is 1. The van der Waals surface area contributed by atoms with Crippen LogP contribution in [0.1, 0.15) is 38.2 Å². The summed E-state index contributed by atoms with van der Waals surface area (Å²) in [7, 11) is 0. The molecule has 18 heavy (non-hydrogen) atoms. The quantitative estimate of drug-likeness (QED) is 0.861. The van der Waals surface area contributed by atoms with Crippen molar-refractivity contribution in [1.82, 2.24) is 0 Å². The van der Waals surface area contributed by atoms with Gasteiger partial charge in [0.25, 0.3) is 0 Å². The van der Waals surface area contributed by atoms with Crippen molar-refractivity contribution in [2.75, 3.05) is 5.32 Å². The van der Waals surface area contributed by atoms with E-state index in [-0.39, 0.29) is 5.91 Å². The van der Waals surface area contributed by atoms with E-state index in [4.69, 9.17) is 5.73 Å². The highest BCUT2D eigenvalue weighted by atomic mass is 16.1. The van der Waals surface area contributed by atoms with Crippen LogP contribution >= 0.6 is 0 Å². The molecule has 1 fully saturated rings. The highest BCUT2D eigenvalue weighted by molar-refractivity contribution is 5.88. The van der Waals surface area contributed by atoms with Gasteiger partial charge in [0.2, 0.25) is 5.91 Å². The van der Waals surface area contributed by atoms with E-state index in [0.717, 1.165) is 36.9 Å². The highest BCUT2D eigenvalue weighted by Crippen LogP contribution is 2.35. The van der Waals surface area contributed by atoms with Crippen LogP contribution in [0.4, 0.5) is 5.69 Å². The van der Waals surface area contributed by atoms with Crippen LogP contribution in [-0.2, 0) is 4.79 Å². The third-order valence-corrected chi connectivity index (χ3v) is 4.12. The van der Waals surface area contributed by atoms with E-state index < -0.39 is 5.54 Å². The average molecular weight is 246 g/mol. The molecule has 0 aromatic heterocycles. The molecule has 1 amide bonds. The smallest absolute Gasteiger partial charge is 0.243 e. The second kappa shape index (κ2) is 5.01. The summed E-state index contributed by atoms with van der Waals surface area (Å²) >= 11 is 0. The number of carbonyl (C=O) groups excluding carboxylic acids is 1. The van der Waals surface area contributed by atoms with Gasteiger partial charge in [0.1, 0.15) is 5.54 Å². The molecule has 0 saturated heterocycles. The van der Waals surface area contributed by atoms with Gasteiger partial charge >= 0.3 is 0 Å². The number of hydrogen-bond donors (Lipinski definition) is 2. The van der Waals surface area contributed by atoms with E-state index in [0.29, 0.717) is 5.92 Å². The molecule has 2 rings (SSSR count). The summed E-state index contributed by atoms with van der Waals surface area (Å²) in [4.78, 5) is 11.9. The largest absolute Gasteiger partial charge is 0.371 e. The van der Waals surface area contributed by atoms with Gasteiger partial charge in [-0.2, -0.15) is 0 Å². The second-order valence-corrected chi connectivity index (χ2v) is 5.57. The summed E-state index contributed by atoms with van der Waals surface area (Å²) in [5.41, 5.74) is 7.26. The zero-order valence-corrected chi connectivity index (χ0v) is 11.2. The van der Waals surface area contributed by atoms with Gasteiger partial charge in [-0.05, 0) is 50.2 Å². The van der Waals surface area contributed by atoms with E-state index in [1.807, 2.05) is 31.2 Å². The first kappa shape index (κ1) is 12.9. The second-order valence-electron chi connectivity index (χ2n) is 5.57. The van der Waals surface area contributed by atoms with Crippen molar-refractivity contribution in [2.45, 2.75) is 45.1 Å². The molecule has 0 unspecified atom stereocenters. The monoisotopic (exact) mass is 246 g/mol. The van der Waals surface area contributed by atoms with E-state index >= 15 is 0 Å². The summed E-state index contributed by atoms with van der Waals surface area (Å²) in [5, 5.41) is 3.41. The van der Waals surface area contributed by atoms with Crippen molar-refractivity contribution in [3.63, 3.8) is 0 Å². The number of nitrogens with one attached hydrogen (secondary N) is 1. The number of nitrogens with two attached hydrogens (primary N) is 1. The molecule has 3 heteroatoms. The Balaban J connectivity index is 2.22. The minimum absolute atomic E-state index is 0.224. The fourth-order valence-electron chi connectivity index (χ4n) is 2.66. The maximum absolute atomic E-state index is 11.9. The lowest BCUT2D eigenvalue weighted by Crippen LogP contribution is -2.52. The molecule has 0 heterocycles. The standard InChI is InChI=1S/C15H22N2O/c1-11-7-9-15(10-8-11,14(16)18)17-13-6-4-3-5-12(13)2/h3-6,11,17H,7-10H2,1-2H3,(H2,16,18). The molecule has 0 radical (unpaired) electrons. The third-order valence-electron chi connectivity index (χ3n) is 4.12. The average Bonchev–Trinajstić information content (AvgIpc) is 2.35. The van der Waals surface area contributed by atoms with Gasteiger partial charge in [-0.1, -0.05) is 25.1 Å². The number of anilines is 1. The molecule has 1 aromatic rings. The van der Waals surface area contributed by atoms with Gasteiger partial charge in [-0.25, -0.2) is 0 Å². The first-order chi connectivity index (χ1) is 8.53. The number of carbonyl (C=O) groups is 1. The summed E-state index contributed by atoms with van der Waals surface area (Å²) in [6, 6.07) is 8.04. The zero-order valence-electron chi connectivity index (χ0n) is 11.2. The Labute approximate surface area is 109 Å². The molecule has 0 spiro atoms. The van der Waals surface area contributed by atoms with Crippen LogP contribution < -0.4 is 11.1 Å². The molecule has 98 valence electrons. The van der Waals surface area contributed by atoms with Crippen LogP contribution in [0.25, 0.3) is 0 Å². The summed E-state index contributed by atoms with van der Waals surface area (Å²) in [6.07, 6.45) is 3.78. The van der Waals surface area contributed by atoms with E-state index in [9.17, 15) is 4.79 Å².